The van der Waals surface area contributed by atoms with Crippen molar-refractivity contribution in [3.05, 3.63) is 77.4 Å². The molecule has 2 aromatic heterocycles. The largest absolute Gasteiger partial charge is 0.489 e. The monoisotopic (exact) mass is 491 g/mol. The molecule has 1 fully saturated rings. The lowest BCUT2D eigenvalue weighted by Crippen LogP contribution is -2.28. The van der Waals surface area contributed by atoms with Crippen molar-refractivity contribution in [2.24, 2.45) is 4.99 Å². The zero-order chi connectivity index (χ0) is 24.6. The lowest BCUT2D eigenvalue weighted by atomic mass is 10.1. The van der Waals surface area contributed by atoms with Gasteiger partial charge in [0.1, 0.15) is 40.7 Å². The highest BCUT2D eigenvalue weighted by Gasteiger charge is 2.61. The van der Waals surface area contributed by atoms with Crippen LogP contribution in [0.2, 0.25) is 0 Å². The number of hydrogen-bond donors (Lipinski definition) is 2. The van der Waals surface area contributed by atoms with Crippen LogP contribution in [0.5, 0.6) is 17.2 Å². The zero-order valence-corrected chi connectivity index (χ0v) is 19.0. The topological polar surface area (TPSA) is 84.4 Å². The number of rotatable bonds is 4. The van der Waals surface area contributed by atoms with Crippen LogP contribution in [0.15, 0.2) is 59.7 Å². The molecule has 1 aliphatic carbocycles. The first-order valence-corrected chi connectivity index (χ1v) is 11.7. The van der Waals surface area contributed by atoms with Crippen LogP contribution in [0.25, 0.3) is 11.0 Å². The number of fused-ring (bicyclic) bond motifs is 4. The van der Waals surface area contributed by atoms with E-state index in [2.05, 4.69) is 32.2 Å². The van der Waals surface area contributed by atoms with Crippen molar-refractivity contribution in [3.8, 4) is 17.2 Å². The number of H-pyrrole nitrogens is 1. The van der Waals surface area contributed by atoms with E-state index >= 15 is 0 Å². The normalized spacial score (nSPS) is 24.1. The van der Waals surface area contributed by atoms with Gasteiger partial charge in [0.05, 0.1) is 29.1 Å². The summed E-state index contributed by atoms with van der Waals surface area (Å²) in [6, 6.07) is 13.2. The molecule has 2 aliphatic heterocycles. The van der Waals surface area contributed by atoms with Gasteiger partial charge >= 0.3 is 6.18 Å². The Morgan fingerprint density at radius 1 is 1.03 bits per heavy atom. The molecule has 7 nitrogen and oxygen atoms in total. The molecule has 3 aliphatic rings. The molecule has 4 heterocycles. The molecule has 182 valence electrons. The molecule has 0 spiro atoms. The minimum absolute atomic E-state index is 0.0459. The van der Waals surface area contributed by atoms with Crippen molar-refractivity contribution in [1.82, 2.24) is 20.3 Å². The Morgan fingerprint density at radius 3 is 2.69 bits per heavy atom. The molecule has 36 heavy (non-hydrogen) atoms. The minimum atomic E-state index is -4.40. The third-order valence-electron chi connectivity index (χ3n) is 6.82. The number of pyridine rings is 1. The van der Waals surface area contributed by atoms with E-state index < -0.39 is 11.7 Å². The average molecular weight is 491 g/mol. The summed E-state index contributed by atoms with van der Waals surface area (Å²) in [7, 11) is 0. The third-order valence-corrected chi connectivity index (χ3v) is 6.82. The van der Waals surface area contributed by atoms with Crippen LogP contribution in [0.3, 0.4) is 0 Å². The molecule has 7 rings (SSSR count). The number of hydrogen-bond acceptors (Lipinski definition) is 6. The van der Waals surface area contributed by atoms with Crippen LogP contribution in [0.4, 0.5) is 13.2 Å². The molecule has 0 bridgehead atoms. The van der Waals surface area contributed by atoms with Gasteiger partial charge in [-0.3, -0.25) is 9.98 Å². The Kier molecular flexibility index (Phi) is 4.40. The number of aliphatic imine (C=N–C) groups is 1. The Morgan fingerprint density at radius 2 is 1.89 bits per heavy atom. The fourth-order valence-electron chi connectivity index (χ4n) is 5.04. The molecule has 10 heteroatoms. The van der Waals surface area contributed by atoms with E-state index in [1.54, 1.807) is 12.3 Å². The molecule has 4 unspecified atom stereocenters. The summed E-state index contributed by atoms with van der Waals surface area (Å²) in [5.41, 5.74) is 1.90. The standard InChI is InChI=1S/C26H20F3N5O2/c1-12-11-31-24(32-12)19-10-15(6-7-30-19)35-14-3-5-20-16(9-14)21-22(23(21)36-20)25-33-17-4-2-13(26(27,28)29)8-18(17)34-25/h2-10,12,21-23H,11H2,1H3,(H,31,32)(H,33,34). The number of aromatic amines is 1. The number of benzene rings is 2. The lowest BCUT2D eigenvalue weighted by molar-refractivity contribution is -0.137. The van der Waals surface area contributed by atoms with Gasteiger partial charge in [-0.2, -0.15) is 13.2 Å². The number of nitrogens with zero attached hydrogens (tertiary/aromatic N) is 3. The Hall–Kier alpha value is -4.08. The molecule has 0 radical (unpaired) electrons. The maximum atomic E-state index is 13.1. The summed E-state index contributed by atoms with van der Waals surface area (Å²) in [5, 5.41) is 3.30. The third kappa shape index (κ3) is 3.47. The van der Waals surface area contributed by atoms with E-state index in [-0.39, 0.29) is 24.0 Å². The van der Waals surface area contributed by atoms with Crippen LogP contribution >= 0.6 is 0 Å². The lowest BCUT2D eigenvalue weighted by Gasteiger charge is -2.11. The minimum Gasteiger partial charge on any atom is -0.489 e. The van der Waals surface area contributed by atoms with E-state index in [4.69, 9.17) is 9.47 Å². The van der Waals surface area contributed by atoms with Crippen molar-refractivity contribution in [3.63, 3.8) is 0 Å². The van der Waals surface area contributed by atoms with Crippen molar-refractivity contribution in [2.75, 3.05) is 6.54 Å². The molecule has 2 aromatic carbocycles. The smallest absolute Gasteiger partial charge is 0.416 e. The maximum absolute atomic E-state index is 13.1. The second kappa shape index (κ2) is 7.46. The van der Waals surface area contributed by atoms with Gasteiger partial charge in [-0.1, -0.05) is 0 Å². The molecule has 2 N–H and O–H groups in total. The van der Waals surface area contributed by atoms with Gasteiger partial charge in [0.15, 0.2) is 0 Å². The molecule has 0 saturated heterocycles. The highest BCUT2D eigenvalue weighted by molar-refractivity contribution is 5.98. The van der Waals surface area contributed by atoms with E-state index in [0.29, 0.717) is 34.9 Å². The fraction of sp³-hybridized carbons (Fsp3) is 0.269. The van der Waals surface area contributed by atoms with Crippen molar-refractivity contribution in [2.45, 2.75) is 37.1 Å². The quantitative estimate of drug-likeness (QED) is 0.413. The summed E-state index contributed by atoms with van der Waals surface area (Å²) in [6.07, 6.45) is -2.81. The first-order valence-electron chi connectivity index (χ1n) is 11.7. The maximum Gasteiger partial charge on any atom is 0.416 e. The summed E-state index contributed by atoms with van der Waals surface area (Å²) < 4.78 is 51.5. The van der Waals surface area contributed by atoms with E-state index in [9.17, 15) is 13.2 Å². The van der Waals surface area contributed by atoms with E-state index in [1.165, 1.54) is 6.07 Å². The Labute approximate surface area is 203 Å². The van der Waals surface area contributed by atoms with Crippen LogP contribution in [0, 0.1) is 0 Å². The molecule has 4 aromatic rings. The zero-order valence-electron chi connectivity index (χ0n) is 19.0. The number of alkyl halides is 3. The second-order valence-electron chi connectivity index (χ2n) is 9.40. The highest BCUT2D eigenvalue weighted by Crippen LogP contribution is 2.63. The van der Waals surface area contributed by atoms with Crippen LogP contribution in [-0.4, -0.2) is 39.5 Å². The number of halogens is 3. The van der Waals surface area contributed by atoms with Crippen LogP contribution < -0.4 is 14.8 Å². The van der Waals surface area contributed by atoms with Crippen LogP contribution in [0.1, 0.15) is 41.4 Å². The van der Waals surface area contributed by atoms with Crippen LogP contribution in [-0.2, 0) is 6.18 Å². The number of aromatic nitrogens is 3. The van der Waals surface area contributed by atoms with Crippen molar-refractivity contribution in [1.29, 1.82) is 0 Å². The van der Waals surface area contributed by atoms with E-state index in [1.807, 2.05) is 24.3 Å². The summed E-state index contributed by atoms with van der Waals surface area (Å²) in [5.74, 6) is 3.51. The van der Waals surface area contributed by atoms with Gasteiger partial charge in [-0.25, -0.2) is 4.98 Å². The Bertz CT molecular complexity index is 1550. The van der Waals surface area contributed by atoms with Gasteiger partial charge in [-0.15, -0.1) is 0 Å². The SMILES string of the molecule is CC1CN=C(c2cc(Oc3ccc4c(c3)C3C(O4)C3c3nc4ccc(C(F)(F)F)cc4[nH]3)ccn2)N1. The number of ether oxygens (including phenoxy) is 2. The van der Waals surface area contributed by atoms with Gasteiger partial charge in [-0.05, 0) is 49.4 Å². The van der Waals surface area contributed by atoms with Gasteiger partial charge in [0, 0.05) is 29.8 Å². The van der Waals surface area contributed by atoms with Gasteiger partial charge < -0.3 is 19.8 Å². The first kappa shape index (κ1) is 21.2. The van der Waals surface area contributed by atoms with Crippen molar-refractivity contribution < 1.29 is 22.6 Å². The average Bonchev–Trinajstić information content (AvgIpc) is 3.18. The highest BCUT2D eigenvalue weighted by atomic mass is 19.4. The van der Waals surface area contributed by atoms with Gasteiger partial charge in [0.2, 0.25) is 0 Å². The second-order valence-corrected chi connectivity index (χ2v) is 9.40. The van der Waals surface area contributed by atoms with Crippen molar-refractivity contribution >= 4 is 16.9 Å². The summed E-state index contributed by atoms with van der Waals surface area (Å²) in [4.78, 5) is 16.5. The first-order chi connectivity index (χ1) is 17.3. The molecule has 0 amide bonds. The Balaban J connectivity index is 1.12. The molecule has 1 saturated carbocycles. The van der Waals surface area contributed by atoms with E-state index in [0.717, 1.165) is 35.0 Å². The summed E-state index contributed by atoms with van der Waals surface area (Å²) >= 11 is 0. The van der Waals surface area contributed by atoms with Gasteiger partial charge in [0.25, 0.3) is 0 Å². The number of nitrogens with one attached hydrogen (secondary N) is 2. The summed E-state index contributed by atoms with van der Waals surface area (Å²) in [6.45, 7) is 2.78. The molecular formula is C26H20F3N5O2. The molecular weight excluding hydrogens is 471 g/mol. The molecule has 4 atom stereocenters. The number of imidazole rings is 1. The predicted octanol–water partition coefficient (Wildman–Crippen LogP) is 5.15. The number of amidine groups is 1. The fourth-order valence-corrected chi connectivity index (χ4v) is 5.04. The predicted molar refractivity (Wildman–Crippen MR) is 126 cm³/mol.